The van der Waals surface area contributed by atoms with Crippen LogP contribution in [0.1, 0.15) is 21.7 Å². The third kappa shape index (κ3) is 3.31. The summed E-state index contributed by atoms with van der Waals surface area (Å²) in [5.74, 6) is 1.08. The molecule has 0 amide bonds. The Bertz CT molecular complexity index is 551. The van der Waals surface area contributed by atoms with Gasteiger partial charge in [-0.05, 0) is 17.7 Å². The molecule has 1 heterocycles. The highest BCUT2D eigenvalue weighted by atomic mass is 35.5. The van der Waals surface area contributed by atoms with Crippen LogP contribution in [0.15, 0.2) is 41.0 Å². The molecule has 0 atom stereocenters. The molecule has 0 bridgehead atoms. The zero-order chi connectivity index (χ0) is 13.0. The quantitative estimate of drug-likeness (QED) is 0.898. The fourth-order valence-corrected chi connectivity index (χ4v) is 2.65. The highest BCUT2D eigenvalue weighted by Crippen LogP contribution is 2.23. The zero-order valence-corrected chi connectivity index (χ0v) is 11.0. The Labute approximate surface area is 114 Å². The zero-order valence-electron chi connectivity index (χ0n) is 9.43. The standard InChI is InChI=1S/C13H11ClO3S/c14-12-4-2-1-3-9(12)7-18-8-11-5-10(6-17-11)13(15)16/h1-6H,7-8H2,(H,15,16). The van der Waals surface area contributed by atoms with Crippen molar-refractivity contribution in [1.29, 1.82) is 0 Å². The van der Waals surface area contributed by atoms with Crippen LogP contribution < -0.4 is 0 Å². The molecule has 3 nitrogen and oxygen atoms in total. The molecule has 1 N–H and O–H groups in total. The lowest BCUT2D eigenvalue weighted by atomic mass is 10.2. The molecule has 0 saturated carbocycles. The molecular formula is C13H11ClO3S. The molecule has 18 heavy (non-hydrogen) atoms. The second-order valence-corrected chi connectivity index (χ2v) is 5.08. The monoisotopic (exact) mass is 282 g/mol. The number of carboxylic acid groups (broad SMARTS) is 1. The van der Waals surface area contributed by atoms with Crippen LogP contribution in [0.25, 0.3) is 0 Å². The maximum absolute atomic E-state index is 10.7. The molecule has 2 aromatic rings. The molecule has 5 heteroatoms. The lowest BCUT2D eigenvalue weighted by molar-refractivity contribution is 0.0696. The lowest BCUT2D eigenvalue weighted by Gasteiger charge is -2.02. The molecule has 2 rings (SSSR count). The Morgan fingerprint density at radius 1 is 1.33 bits per heavy atom. The van der Waals surface area contributed by atoms with Crippen molar-refractivity contribution in [3.8, 4) is 0 Å². The number of halogens is 1. The van der Waals surface area contributed by atoms with E-state index in [1.807, 2.05) is 24.3 Å². The fraction of sp³-hybridized carbons (Fsp3) is 0.154. The molecule has 0 aliphatic carbocycles. The van der Waals surface area contributed by atoms with Gasteiger partial charge in [-0.15, -0.1) is 11.8 Å². The van der Waals surface area contributed by atoms with Gasteiger partial charge in [-0.1, -0.05) is 29.8 Å². The summed E-state index contributed by atoms with van der Waals surface area (Å²) in [5.41, 5.74) is 1.25. The van der Waals surface area contributed by atoms with E-state index in [-0.39, 0.29) is 5.56 Å². The molecule has 0 saturated heterocycles. The number of hydrogen-bond donors (Lipinski definition) is 1. The molecule has 94 valence electrons. The molecule has 0 aliphatic heterocycles. The largest absolute Gasteiger partial charge is 0.478 e. The lowest BCUT2D eigenvalue weighted by Crippen LogP contribution is -1.91. The average molecular weight is 283 g/mol. The Morgan fingerprint density at radius 3 is 2.78 bits per heavy atom. The molecule has 0 spiro atoms. The van der Waals surface area contributed by atoms with E-state index in [1.165, 1.54) is 6.26 Å². The summed E-state index contributed by atoms with van der Waals surface area (Å²) >= 11 is 7.66. The normalized spacial score (nSPS) is 10.5. The van der Waals surface area contributed by atoms with E-state index in [0.29, 0.717) is 11.5 Å². The van der Waals surface area contributed by atoms with E-state index in [1.54, 1.807) is 17.8 Å². The van der Waals surface area contributed by atoms with Crippen LogP contribution in [-0.2, 0) is 11.5 Å². The van der Waals surface area contributed by atoms with Crippen LogP contribution in [0.3, 0.4) is 0 Å². The van der Waals surface area contributed by atoms with Crippen molar-refractivity contribution in [3.05, 3.63) is 58.5 Å². The summed E-state index contributed by atoms with van der Waals surface area (Å²) in [6.07, 6.45) is 1.26. The second kappa shape index (κ2) is 5.98. The van der Waals surface area contributed by atoms with E-state index >= 15 is 0 Å². The van der Waals surface area contributed by atoms with Crippen LogP contribution in [0.5, 0.6) is 0 Å². The summed E-state index contributed by atoms with van der Waals surface area (Å²) in [7, 11) is 0. The first-order valence-electron chi connectivity index (χ1n) is 5.28. The third-order valence-electron chi connectivity index (χ3n) is 2.36. The van der Waals surface area contributed by atoms with E-state index < -0.39 is 5.97 Å². The Kier molecular flexibility index (Phi) is 4.33. The van der Waals surface area contributed by atoms with E-state index in [2.05, 4.69) is 0 Å². The van der Waals surface area contributed by atoms with Gasteiger partial charge in [0.15, 0.2) is 0 Å². The van der Waals surface area contributed by atoms with Gasteiger partial charge in [0.1, 0.15) is 12.0 Å². The van der Waals surface area contributed by atoms with Crippen molar-refractivity contribution in [1.82, 2.24) is 0 Å². The predicted octanol–water partition coefficient (Wildman–Crippen LogP) is 4.06. The minimum Gasteiger partial charge on any atom is -0.478 e. The van der Waals surface area contributed by atoms with Crippen molar-refractivity contribution < 1.29 is 14.3 Å². The van der Waals surface area contributed by atoms with E-state index in [0.717, 1.165) is 16.3 Å². The molecule has 0 aliphatic rings. The number of benzene rings is 1. The van der Waals surface area contributed by atoms with Crippen molar-refractivity contribution in [2.75, 3.05) is 0 Å². The van der Waals surface area contributed by atoms with Gasteiger partial charge in [0, 0.05) is 10.8 Å². The molecular weight excluding hydrogens is 272 g/mol. The van der Waals surface area contributed by atoms with Gasteiger partial charge in [0.05, 0.1) is 11.3 Å². The van der Waals surface area contributed by atoms with Crippen molar-refractivity contribution in [3.63, 3.8) is 0 Å². The number of thioether (sulfide) groups is 1. The van der Waals surface area contributed by atoms with Gasteiger partial charge >= 0.3 is 5.97 Å². The summed E-state index contributed by atoms with van der Waals surface area (Å²) in [5, 5.41) is 9.50. The number of rotatable bonds is 5. The van der Waals surface area contributed by atoms with Crippen LogP contribution in [0.2, 0.25) is 5.02 Å². The second-order valence-electron chi connectivity index (χ2n) is 3.69. The maximum Gasteiger partial charge on any atom is 0.338 e. The number of carboxylic acids is 1. The van der Waals surface area contributed by atoms with Gasteiger partial charge in [0.2, 0.25) is 0 Å². The van der Waals surface area contributed by atoms with Crippen molar-refractivity contribution >= 4 is 29.3 Å². The van der Waals surface area contributed by atoms with Crippen molar-refractivity contribution in [2.45, 2.75) is 11.5 Å². The summed E-state index contributed by atoms with van der Waals surface area (Å²) < 4.78 is 5.16. The third-order valence-corrected chi connectivity index (χ3v) is 3.73. The van der Waals surface area contributed by atoms with Gasteiger partial charge in [-0.2, -0.15) is 0 Å². The van der Waals surface area contributed by atoms with Crippen molar-refractivity contribution in [2.24, 2.45) is 0 Å². The van der Waals surface area contributed by atoms with Crippen LogP contribution >= 0.6 is 23.4 Å². The fourth-order valence-electron chi connectivity index (χ4n) is 1.45. The Balaban J connectivity index is 1.88. The van der Waals surface area contributed by atoms with Crippen LogP contribution in [-0.4, -0.2) is 11.1 Å². The van der Waals surface area contributed by atoms with E-state index in [4.69, 9.17) is 21.1 Å². The molecule has 0 unspecified atom stereocenters. The van der Waals surface area contributed by atoms with Crippen LogP contribution in [0, 0.1) is 0 Å². The van der Waals surface area contributed by atoms with Gasteiger partial charge in [-0.25, -0.2) is 4.79 Å². The van der Waals surface area contributed by atoms with Gasteiger partial charge < -0.3 is 9.52 Å². The Morgan fingerprint density at radius 2 is 2.11 bits per heavy atom. The molecule has 0 radical (unpaired) electrons. The number of hydrogen-bond acceptors (Lipinski definition) is 3. The van der Waals surface area contributed by atoms with E-state index in [9.17, 15) is 4.79 Å². The number of carbonyl (C=O) groups is 1. The first kappa shape index (κ1) is 13.1. The summed E-state index contributed by atoms with van der Waals surface area (Å²) in [6.45, 7) is 0. The van der Waals surface area contributed by atoms with Gasteiger partial charge in [0.25, 0.3) is 0 Å². The van der Waals surface area contributed by atoms with Gasteiger partial charge in [-0.3, -0.25) is 0 Å². The minimum atomic E-state index is -0.971. The Hall–Kier alpha value is -1.39. The SMILES string of the molecule is O=C(O)c1coc(CSCc2ccccc2Cl)c1. The molecule has 0 fully saturated rings. The predicted molar refractivity (Wildman–Crippen MR) is 72.1 cm³/mol. The first-order valence-corrected chi connectivity index (χ1v) is 6.82. The number of furan rings is 1. The highest BCUT2D eigenvalue weighted by molar-refractivity contribution is 7.97. The maximum atomic E-state index is 10.7. The molecule has 1 aromatic carbocycles. The summed E-state index contributed by atoms with van der Waals surface area (Å²) in [6, 6.07) is 9.20. The highest BCUT2D eigenvalue weighted by Gasteiger charge is 2.08. The summed E-state index contributed by atoms with van der Waals surface area (Å²) in [4.78, 5) is 10.7. The topological polar surface area (TPSA) is 50.4 Å². The minimum absolute atomic E-state index is 0.184. The average Bonchev–Trinajstić information content (AvgIpc) is 2.80. The number of aromatic carboxylic acids is 1. The molecule has 1 aromatic heterocycles. The smallest absolute Gasteiger partial charge is 0.338 e. The van der Waals surface area contributed by atoms with Crippen LogP contribution in [0.4, 0.5) is 0 Å². The first-order chi connectivity index (χ1) is 8.66.